The van der Waals surface area contributed by atoms with Gasteiger partial charge >= 0.3 is 11.8 Å². The summed E-state index contributed by atoms with van der Waals surface area (Å²) < 4.78 is 8.95. The number of fused-ring (bicyclic) bond motifs is 1. The fraction of sp³-hybridized carbons (Fsp3) is 0.562. The maximum absolute atomic E-state index is 13.8. The van der Waals surface area contributed by atoms with Crippen molar-refractivity contribution in [2.75, 3.05) is 32.8 Å². The molecule has 1 saturated carbocycles. The van der Waals surface area contributed by atoms with Crippen LogP contribution < -0.4 is 11.0 Å². The Bertz CT molecular complexity index is 1280. The maximum Gasteiger partial charge on any atom is 0.407 e. The van der Waals surface area contributed by atoms with Crippen LogP contribution in [0.5, 0.6) is 0 Å². The first-order valence-electron chi connectivity index (χ1n) is 15.1. The first kappa shape index (κ1) is 28.4. The van der Waals surface area contributed by atoms with Gasteiger partial charge in [0.1, 0.15) is 6.61 Å². The van der Waals surface area contributed by atoms with Gasteiger partial charge < -0.3 is 20.1 Å². The van der Waals surface area contributed by atoms with Gasteiger partial charge in [0, 0.05) is 51.3 Å². The summed E-state index contributed by atoms with van der Waals surface area (Å²) in [5.74, 6) is 0.748. The molecule has 5 rings (SSSR count). The number of nitrogens with one attached hydrogen (secondary N) is 1. The highest BCUT2D eigenvalue weighted by molar-refractivity contribution is 5.76. The van der Waals surface area contributed by atoms with Gasteiger partial charge in [-0.15, -0.1) is 0 Å². The van der Waals surface area contributed by atoms with E-state index in [1.54, 1.807) is 4.57 Å². The fourth-order valence-corrected chi connectivity index (χ4v) is 6.68. The number of carbonyl (C=O) groups is 1. The Balaban J connectivity index is 1.23. The summed E-state index contributed by atoms with van der Waals surface area (Å²) in [6, 6.07) is 17.3. The summed E-state index contributed by atoms with van der Waals surface area (Å²) >= 11 is 0. The summed E-state index contributed by atoms with van der Waals surface area (Å²) in [6.45, 7) is 3.76. The average Bonchev–Trinajstić information content (AvgIpc) is 3.24. The third kappa shape index (κ3) is 6.96. The van der Waals surface area contributed by atoms with Crippen LogP contribution in [0.25, 0.3) is 11.0 Å². The highest BCUT2D eigenvalue weighted by atomic mass is 16.5. The second kappa shape index (κ2) is 14.0. The molecule has 216 valence electrons. The van der Waals surface area contributed by atoms with E-state index < -0.39 is 6.09 Å². The summed E-state index contributed by atoms with van der Waals surface area (Å²) in [7, 11) is 0. The third-order valence-corrected chi connectivity index (χ3v) is 8.77. The Hall–Kier alpha value is -3.10. The lowest BCUT2D eigenvalue weighted by molar-refractivity contribution is 0.0647. The highest BCUT2D eigenvalue weighted by Gasteiger charge is 2.33. The van der Waals surface area contributed by atoms with Crippen LogP contribution in [0.3, 0.4) is 0 Å². The molecule has 2 heterocycles. The number of ether oxygens (including phenoxy) is 1. The lowest BCUT2D eigenvalue weighted by Crippen LogP contribution is -2.46. The average molecular weight is 549 g/mol. The molecule has 1 aliphatic heterocycles. The Labute approximate surface area is 236 Å². The van der Waals surface area contributed by atoms with E-state index in [0.29, 0.717) is 6.54 Å². The predicted molar refractivity (Wildman–Crippen MR) is 157 cm³/mol. The monoisotopic (exact) mass is 548 g/mol. The van der Waals surface area contributed by atoms with Crippen LogP contribution in [-0.4, -0.2) is 58.0 Å². The van der Waals surface area contributed by atoms with Crippen molar-refractivity contribution >= 4 is 17.1 Å². The molecule has 40 heavy (non-hydrogen) atoms. The van der Waals surface area contributed by atoms with Gasteiger partial charge in [-0.3, -0.25) is 9.13 Å². The van der Waals surface area contributed by atoms with E-state index in [0.717, 1.165) is 48.6 Å². The molecule has 0 spiro atoms. The van der Waals surface area contributed by atoms with Gasteiger partial charge in [-0.05, 0) is 42.9 Å². The van der Waals surface area contributed by atoms with Gasteiger partial charge in [0.2, 0.25) is 0 Å². The molecule has 2 atom stereocenters. The molecule has 3 aromatic rings. The fourth-order valence-electron chi connectivity index (χ4n) is 6.68. The zero-order valence-electron chi connectivity index (χ0n) is 23.5. The second-order valence-electron chi connectivity index (χ2n) is 11.6. The molecule has 0 unspecified atom stereocenters. The number of aliphatic hydroxyl groups excluding tert-OH is 1. The Morgan fingerprint density at radius 1 is 0.925 bits per heavy atom. The molecule has 2 aromatic carbocycles. The molecular weight excluding hydrogens is 504 g/mol. The van der Waals surface area contributed by atoms with E-state index in [-0.39, 0.29) is 37.4 Å². The molecule has 2 fully saturated rings. The van der Waals surface area contributed by atoms with Crippen LogP contribution in [0.15, 0.2) is 59.4 Å². The number of imidazole rings is 1. The summed E-state index contributed by atoms with van der Waals surface area (Å²) in [5, 5.41) is 13.2. The highest BCUT2D eigenvalue weighted by Crippen LogP contribution is 2.32. The van der Waals surface area contributed by atoms with Crippen LogP contribution in [0.1, 0.15) is 63.0 Å². The zero-order valence-corrected chi connectivity index (χ0v) is 23.5. The largest absolute Gasteiger partial charge is 0.445 e. The topological polar surface area (TPSA) is 88.7 Å². The quantitative estimate of drug-likeness (QED) is 0.395. The van der Waals surface area contributed by atoms with Crippen molar-refractivity contribution in [3.8, 4) is 0 Å². The predicted octanol–water partition coefficient (Wildman–Crippen LogP) is 4.95. The molecule has 8 heteroatoms. The number of alkyl carbamates (subject to hydrolysis) is 1. The van der Waals surface area contributed by atoms with Crippen molar-refractivity contribution < 1.29 is 14.6 Å². The minimum absolute atomic E-state index is 0.00495. The number of hydrogen-bond acceptors (Lipinski definition) is 5. The first-order chi connectivity index (χ1) is 19.6. The number of piperidine rings is 1. The van der Waals surface area contributed by atoms with Gasteiger partial charge in [-0.1, -0.05) is 74.6 Å². The van der Waals surface area contributed by atoms with Crippen LogP contribution >= 0.6 is 0 Å². The molecule has 2 aliphatic rings. The van der Waals surface area contributed by atoms with E-state index >= 15 is 0 Å². The van der Waals surface area contributed by atoms with Crippen molar-refractivity contribution in [3.05, 3.63) is 70.6 Å². The Kier molecular flexibility index (Phi) is 9.95. The smallest absolute Gasteiger partial charge is 0.407 e. The van der Waals surface area contributed by atoms with Crippen LogP contribution in [-0.2, 0) is 17.9 Å². The number of aromatic nitrogens is 2. The second-order valence-corrected chi connectivity index (χ2v) is 11.6. The molecule has 2 N–H and O–H groups in total. The van der Waals surface area contributed by atoms with E-state index in [9.17, 15) is 14.7 Å². The van der Waals surface area contributed by atoms with Gasteiger partial charge in [0.15, 0.2) is 0 Å². The van der Waals surface area contributed by atoms with Gasteiger partial charge in [-0.25, -0.2) is 9.59 Å². The number of amides is 1. The number of likely N-dealkylation sites (tertiary alicyclic amines) is 1. The Morgan fingerprint density at radius 2 is 1.62 bits per heavy atom. The molecule has 0 bridgehead atoms. The zero-order chi connectivity index (χ0) is 27.7. The van der Waals surface area contributed by atoms with E-state index in [1.807, 2.05) is 59.2 Å². The van der Waals surface area contributed by atoms with E-state index in [2.05, 4.69) is 10.2 Å². The molecular formula is C32H44N4O4. The summed E-state index contributed by atoms with van der Waals surface area (Å²) in [4.78, 5) is 28.6. The third-order valence-electron chi connectivity index (χ3n) is 8.77. The maximum atomic E-state index is 13.8. The summed E-state index contributed by atoms with van der Waals surface area (Å²) in [6.07, 6.45) is 9.72. The van der Waals surface area contributed by atoms with Crippen molar-refractivity contribution in [3.63, 3.8) is 0 Å². The minimum atomic E-state index is -0.502. The number of aliphatic hydroxyl groups is 1. The van der Waals surface area contributed by atoms with Gasteiger partial charge in [-0.2, -0.15) is 0 Å². The molecule has 1 aromatic heterocycles. The van der Waals surface area contributed by atoms with Crippen molar-refractivity contribution in [1.29, 1.82) is 0 Å². The lowest BCUT2D eigenvalue weighted by Gasteiger charge is -2.40. The van der Waals surface area contributed by atoms with E-state index in [1.165, 1.54) is 44.9 Å². The van der Waals surface area contributed by atoms with Crippen molar-refractivity contribution in [2.45, 2.75) is 70.6 Å². The first-order valence-corrected chi connectivity index (χ1v) is 15.1. The van der Waals surface area contributed by atoms with Crippen molar-refractivity contribution in [1.82, 2.24) is 19.4 Å². The summed E-state index contributed by atoms with van der Waals surface area (Å²) in [5.41, 5.74) is 2.57. The number of nitrogens with zero attached hydrogens (tertiary/aromatic N) is 3. The number of hydrogen-bond donors (Lipinski definition) is 2. The van der Waals surface area contributed by atoms with Gasteiger partial charge in [0.25, 0.3) is 0 Å². The van der Waals surface area contributed by atoms with Crippen LogP contribution in [0.2, 0.25) is 0 Å². The Morgan fingerprint density at radius 3 is 2.38 bits per heavy atom. The van der Waals surface area contributed by atoms with Crippen molar-refractivity contribution in [2.24, 2.45) is 11.8 Å². The molecule has 0 radical (unpaired) electrons. The van der Waals surface area contributed by atoms with Crippen LogP contribution in [0, 0.1) is 11.8 Å². The lowest BCUT2D eigenvalue weighted by atomic mass is 9.88. The molecule has 1 aliphatic carbocycles. The van der Waals surface area contributed by atoms with E-state index in [4.69, 9.17) is 4.74 Å². The minimum Gasteiger partial charge on any atom is -0.445 e. The normalized spacial score (nSPS) is 21.1. The standard InChI is InChI=1S/C32H44N4O4/c37-23-27-22-34(21-25-11-5-2-1-3-6-12-25)19-17-28(27)36-30-16-10-9-15-29(30)35(32(36)39)20-18-33-31(38)40-24-26-13-7-4-8-14-26/h4,7-10,13-16,25,27-28,37H,1-3,5-6,11-12,17-24H2,(H,33,38)/t27-,28+/m1/s1. The number of para-hydroxylation sites is 2. The number of carbonyl (C=O) groups excluding carboxylic acids is 1. The molecule has 8 nitrogen and oxygen atoms in total. The van der Waals surface area contributed by atoms with Gasteiger partial charge in [0.05, 0.1) is 11.0 Å². The number of rotatable bonds is 9. The number of benzene rings is 2. The molecule has 1 saturated heterocycles. The molecule has 1 amide bonds. The SMILES string of the molecule is O=C(NCCn1c(=O)n([C@H]2CCN(CC3CCCCCCC3)C[C@@H]2CO)c2ccccc21)OCc1ccccc1. The van der Waals surface area contributed by atoms with Crippen LogP contribution in [0.4, 0.5) is 4.79 Å².